The molecule has 1 heterocycles. The van der Waals surface area contributed by atoms with Gasteiger partial charge >= 0.3 is 6.03 Å². The highest BCUT2D eigenvalue weighted by atomic mass is 16.2. The molecule has 4 N–H and O–H groups in total. The Hall–Kier alpha value is -1.14. The normalized spacial score (nSPS) is 27.5. The molecular formula is C11H22N4O2. The smallest absolute Gasteiger partial charge is 0.318 e. The number of nitrogens with one attached hydrogen (secondary N) is 2. The number of carbonyl (C=O) groups is 2. The summed E-state index contributed by atoms with van der Waals surface area (Å²) in [6.45, 7) is 5.65. The lowest BCUT2D eigenvalue weighted by atomic mass is 9.93. The minimum absolute atomic E-state index is 0.317. The number of piperidine rings is 1. The molecule has 6 heteroatoms. The molecule has 0 aliphatic carbocycles. The van der Waals surface area contributed by atoms with Gasteiger partial charge in [0.05, 0.1) is 6.04 Å². The van der Waals surface area contributed by atoms with Crippen LogP contribution in [0, 0.1) is 5.92 Å². The van der Waals surface area contributed by atoms with Crippen LogP contribution in [0.3, 0.4) is 0 Å². The van der Waals surface area contributed by atoms with Crippen molar-refractivity contribution in [2.75, 3.05) is 20.1 Å². The quantitative estimate of drug-likeness (QED) is 0.622. The van der Waals surface area contributed by atoms with Crippen LogP contribution in [0.15, 0.2) is 0 Å². The van der Waals surface area contributed by atoms with Gasteiger partial charge in [-0.25, -0.2) is 4.79 Å². The molecular weight excluding hydrogens is 220 g/mol. The van der Waals surface area contributed by atoms with Crippen molar-refractivity contribution in [2.45, 2.75) is 32.4 Å². The van der Waals surface area contributed by atoms with Gasteiger partial charge in [-0.05, 0) is 26.3 Å². The van der Waals surface area contributed by atoms with Gasteiger partial charge in [0.15, 0.2) is 0 Å². The summed E-state index contributed by atoms with van der Waals surface area (Å²) in [5.74, 6) is 0.158. The Morgan fingerprint density at radius 2 is 2.12 bits per heavy atom. The third kappa shape index (κ3) is 3.67. The Bertz CT molecular complexity index is 295. The van der Waals surface area contributed by atoms with E-state index in [4.69, 9.17) is 5.73 Å². The zero-order chi connectivity index (χ0) is 13.0. The number of imide groups is 1. The number of likely N-dealkylation sites (tertiary alicyclic amines) is 1. The topological polar surface area (TPSA) is 87.5 Å². The van der Waals surface area contributed by atoms with Crippen LogP contribution in [-0.4, -0.2) is 49.1 Å². The summed E-state index contributed by atoms with van der Waals surface area (Å²) in [6, 6.07) is -0.611. The summed E-state index contributed by atoms with van der Waals surface area (Å²) in [7, 11) is 1.96. The SMILES string of the molecule is CNC1CCN(C(C)C(=O)NC(N)=O)CC1C. The second-order valence-electron chi connectivity index (χ2n) is 4.69. The van der Waals surface area contributed by atoms with Crippen molar-refractivity contribution in [1.29, 1.82) is 0 Å². The van der Waals surface area contributed by atoms with E-state index < -0.39 is 6.03 Å². The molecule has 0 spiro atoms. The van der Waals surface area contributed by atoms with Crippen LogP contribution in [0.5, 0.6) is 0 Å². The van der Waals surface area contributed by atoms with E-state index in [0.717, 1.165) is 19.5 Å². The molecule has 98 valence electrons. The van der Waals surface area contributed by atoms with Crippen LogP contribution >= 0.6 is 0 Å². The third-order valence-corrected chi connectivity index (χ3v) is 3.48. The van der Waals surface area contributed by atoms with Crippen molar-refractivity contribution in [1.82, 2.24) is 15.5 Å². The first kappa shape index (κ1) is 13.9. The number of rotatable bonds is 3. The first-order chi connectivity index (χ1) is 7.95. The van der Waals surface area contributed by atoms with Crippen LogP contribution in [0.25, 0.3) is 0 Å². The van der Waals surface area contributed by atoms with Gasteiger partial charge in [0.1, 0.15) is 0 Å². The third-order valence-electron chi connectivity index (χ3n) is 3.48. The van der Waals surface area contributed by atoms with E-state index in [1.54, 1.807) is 6.92 Å². The summed E-state index contributed by atoms with van der Waals surface area (Å²) in [4.78, 5) is 24.3. The molecule has 0 aromatic heterocycles. The highest BCUT2D eigenvalue weighted by molar-refractivity contribution is 5.96. The molecule has 1 aliphatic heterocycles. The van der Waals surface area contributed by atoms with Gasteiger partial charge in [-0.3, -0.25) is 15.0 Å². The van der Waals surface area contributed by atoms with Gasteiger partial charge in [-0.15, -0.1) is 0 Å². The molecule has 6 nitrogen and oxygen atoms in total. The zero-order valence-corrected chi connectivity index (χ0v) is 10.7. The van der Waals surface area contributed by atoms with Gasteiger partial charge in [0.25, 0.3) is 0 Å². The molecule has 1 saturated heterocycles. The molecule has 3 unspecified atom stereocenters. The first-order valence-corrected chi connectivity index (χ1v) is 5.97. The molecule has 1 aliphatic rings. The maximum Gasteiger partial charge on any atom is 0.318 e. The van der Waals surface area contributed by atoms with Gasteiger partial charge in [0, 0.05) is 19.1 Å². The van der Waals surface area contributed by atoms with Crippen molar-refractivity contribution in [3.05, 3.63) is 0 Å². The Balaban J connectivity index is 2.51. The molecule has 1 rings (SSSR count). The van der Waals surface area contributed by atoms with E-state index >= 15 is 0 Å². The van der Waals surface area contributed by atoms with E-state index in [-0.39, 0.29) is 11.9 Å². The van der Waals surface area contributed by atoms with Crippen LogP contribution < -0.4 is 16.4 Å². The van der Waals surface area contributed by atoms with E-state index in [0.29, 0.717) is 12.0 Å². The monoisotopic (exact) mass is 242 g/mol. The minimum Gasteiger partial charge on any atom is -0.351 e. The van der Waals surface area contributed by atoms with Crippen LogP contribution in [-0.2, 0) is 4.79 Å². The lowest BCUT2D eigenvalue weighted by Gasteiger charge is -2.39. The number of urea groups is 1. The van der Waals surface area contributed by atoms with Crippen molar-refractivity contribution >= 4 is 11.9 Å². The molecule has 0 saturated carbocycles. The second kappa shape index (κ2) is 5.97. The maximum atomic E-state index is 11.6. The van der Waals surface area contributed by atoms with Gasteiger partial charge in [0.2, 0.25) is 5.91 Å². The summed E-state index contributed by atoms with van der Waals surface area (Å²) in [6.07, 6.45) is 1.01. The standard InChI is InChI=1S/C11H22N4O2/c1-7-6-15(5-4-9(7)13-3)8(2)10(16)14-11(12)17/h7-9,13H,4-6H2,1-3H3,(H3,12,14,16,17). The lowest BCUT2D eigenvalue weighted by molar-refractivity contribution is -0.125. The zero-order valence-electron chi connectivity index (χ0n) is 10.7. The van der Waals surface area contributed by atoms with E-state index in [9.17, 15) is 9.59 Å². The number of primary amides is 1. The van der Waals surface area contributed by atoms with E-state index in [1.807, 2.05) is 7.05 Å². The highest BCUT2D eigenvalue weighted by Gasteiger charge is 2.30. The predicted octanol–water partition coefficient (Wildman–Crippen LogP) is -0.500. The average molecular weight is 242 g/mol. The summed E-state index contributed by atoms with van der Waals surface area (Å²) in [5.41, 5.74) is 4.93. The largest absolute Gasteiger partial charge is 0.351 e. The first-order valence-electron chi connectivity index (χ1n) is 5.97. The Labute approximate surface area is 102 Å². The summed E-state index contributed by atoms with van der Waals surface area (Å²) >= 11 is 0. The summed E-state index contributed by atoms with van der Waals surface area (Å²) < 4.78 is 0. The molecule has 3 atom stereocenters. The van der Waals surface area contributed by atoms with Gasteiger partial charge < -0.3 is 11.1 Å². The number of hydrogen-bond donors (Lipinski definition) is 3. The van der Waals surface area contributed by atoms with Crippen molar-refractivity contribution < 1.29 is 9.59 Å². The van der Waals surface area contributed by atoms with Gasteiger partial charge in [-0.1, -0.05) is 6.92 Å². The fourth-order valence-electron chi connectivity index (χ4n) is 2.35. The van der Waals surface area contributed by atoms with Crippen molar-refractivity contribution in [3.8, 4) is 0 Å². The van der Waals surface area contributed by atoms with Crippen LogP contribution in [0.4, 0.5) is 4.79 Å². The van der Waals surface area contributed by atoms with Crippen molar-refractivity contribution in [2.24, 2.45) is 11.7 Å². The minimum atomic E-state index is -0.792. The number of nitrogens with two attached hydrogens (primary N) is 1. The fraction of sp³-hybridized carbons (Fsp3) is 0.818. The number of carbonyl (C=O) groups excluding carboxylic acids is 2. The molecule has 0 bridgehead atoms. The van der Waals surface area contributed by atoms with Gasteiger partial charge in [-0.2, -0.15) is 0 Å². The number of nitrogens with zero attached hydrogens (tertiary/aromatic N) is 1. The molecule has 3 amide bonds. The molecule has 1 fully saturated rings. The predicted molar refractivity (Wildman–Crippen MR) is 65.4 cm³/mol. The average Bonchev–Trinajstić information content (AvgIpc) is 2.27. The van der Waals surface area contributed by atoms with Crippen LogP contribution in [0.1, 0.15) is 20.3 Å². The Morgan fingerprint density at radius 3 is 2.59 bits per heavy atom. The lowest BCUT2D eigenvalue weighted by Crippen LogP contribution is -2.55. The molecule has 0 radical (unpaired) electrons. The number of hydrogen-bond acceptors (Lipinski definition) is 4. The number of amides is 3. The Morgan fingerprint density at radius 1 is 1.47 bits per heavy atom. The molecule has 0 aromatic rings. The van der Waals surface area contributed by atoms with Crippen molar-refractivity contribution in [3.63, 3.8) is 0 Å². The Kier molecular flexibility index (Phi) is 4.89. The van der Waals surface area contributed by atoms with E-state index in [1.165, 1.54) is 0 Å². The fourth-order valence-corrected chi connectivity index (χ4v) is 2.35. The van der Waals surface area contributed by atoms with Crippen LogP contribution in [0.2, 0.25) is 0 Å². The molecule has 17 heavy (non-hydrogen) atoms. The molecule has 0 aromatic carbocycles. The maximum absolute atomic E-state index is 11.6. The van der Waals surface area contributed by atoms with E-state index in [2.05, 4.69) is 22.5 Å². The second-order valence-corrected chi connectivity index (χ2v) is 4.69. The highest BCUT2D eigenvalue weighted by Crippen LogP contribution is 2.18. The summed E-state index contributed by atoms with van der Waals surface area (Å²) in [5, 5.41) is 5.40.